The van der Waals surface area contributed by atoms with Gasteiger partial charge in [0.15, 0.2) is 0 Å². The molecule has 1 aliphatic rings. The monoisotopic (exact) mass is 342 g/mol. The van der Waals surface area contributed by atoms with Crippen molar-refractivity contribution in [1.29, 1.82) is 0 Å². The fourth-order valence-corrected chi connectivity index (χ4v) is 3.54. The van der Waals surface area contributed by atoms with Crippen LogP contribution in [0.4, 0.5) is 5.69 Å². The van der Waals surface area contributed by atoms with Gasteiger partial charge in [-0.25, -0.2) is 0 Å². The number of thiophene rings is 1. The van der Waals surface area contributed by atoms with Crippen molar-refractivity contribution in [3.8, 4) is 0 Å². The maximum Gasteiger partial charge on any atom is 0.253 e. The molecule has 0 unspecified atom stereocenters. The first-order valence-electron chi connectivity index (χ1n) is 6.50. The predicted octanol–water partition coefficient (Wildman–Crippen LogP) is 4.06. The molecule has 3 rings (SSSR count). The van der Waals surface area contributed by atoms with E-state index < -0.39 is 0 Å². The van der Waals surface area contributed by atoms with Gasteiger partial charge in [0, 0.05) is 29.7 Å². The van der Waals surface area contributed by atoms with Crippen molar-refractivity contribution in [2.45, 2.75) is 13.0 Å². The van der Waals surface area contributed by atoms with Crippen molar-refractivity contribution in [3.05, 3.63) is 50.7 Å². The van der Waals surface area contributed by atoms with E-state index in [1.165, 1.54) is 16.9 Å². The number of hydrogen-bond acceptors (Lipinski definition) is 3. The molecular formula is C15H16Cl2N2OS. The number of carbonyl (C=O) groups excluding carboxylic acids is 1. The number of amides is 1. The second kappa shape index (κ2) is 6.69. The highest BCUT2D eigenvalue weighted by atomic mass is 35.5. The third-order valence-electron chi connectivity index (χ3n) is 3.43. The smallest absolute Gasteiger partial charge is 0.253 e. The Hall–Kier alpha value is -1.23. The van der Waals surface area contributed by atoms with E-state index in [-0.39, 0.29) is 18.3 Å². The number of hydrogen-bond donors (Lipinski definition) is 1. The highest BCUT2D eigenvalue weighted by Gasteiger charge is 2.16. The van der Waals surface area contributed by atoms with Gasteiger partial charge < -0.3 is 10.2 Å². The van der Waals surface area contributed by atoms with E-state index in [2.05, 4.69) is 5.32 Å². The molecule has 2 heterocycles. The standard InChI is InChI=1S/C15H15ClN2OS.ClH/c1-18(9-12-3-5-14(16)20-12)15(19)11-2-4-13-10(8-11)6-7-17-13;/h2-5,8,17H,6-7,9H2,1H3;1H. The van der Waals surface area contributed by atoms with Crippen LogP contribution in [0.5, 0.6) is 0 Å². The van der Waals surface area contributed by atoms with Crippen LogP contribution in [-0.2, 0) is 13.0 Å². The fourth-order valence-electron chi connectivity index (χ4n) is 2.40. The molecule has 2 aromatic rings. The molecule has 0 atom stereocenters. The number of carbonyl (C=O) groups is 1. The van der Waals surface area contributed by atoms with Crippen molar-refractivity contribution >= 4 is 46.9 Å². The number of fused-ring (bicyclic) bond motifs is 1. The molecule has 1 amide bonds. The summed E-state index contributed by atoms with van der Waals surface area (Å²) >= 11 is 7.42. The van der Waals surface area contributed by atoms with Crippen LogP contribution in [0, 0.1) is 0 Å². The molecule has 1 aromatic heterocycles. The molecule has 6 heteroatoms. The topological polar surface area (TPSA) is 32.3 Å². The molecule has 3 nitrogen and oxygen atoms in total. The predicted molar refractivity (Wildman–Crippen MR) is 91.0 cm³/mol. The van der Waals surface area contributed by atoms with Gasteiger partial charge in [-0.15, -0.1) is 23.7 Å². The first kappa shape index (κ1) is 16.1. The van der Waals surface area contributed by atoms with Crippen LogP contribution < -0.4 is 5.32 Å². The molecule has 1 aromatic carbocycles. The van der Waals surface area contributed by atoms with Crippen molar-refractivity contribution in [2.24, 2.45) is 0 Å². The third-order valence-corrected chi connectivity index (χ3v) is 4.65. The van der Waals surface area contributed by atoms with Gasteiger partial charge in [-0.1, -0.05) is 11.6 Å². The van der Waals surface area contributed by atoms with Gasteiger partial charge in [0.05, 0.1) is 10.9 Å². The second-order valence-corrected chi connectivity index (χ2v) is 6.72. The largest absolute Gasteiger partial charge is 0.384 e. The number of benzene rings is 1. The van der Waals surface area contributed by atoms with Gasteiger partial charge in [0.1, 0.15) is 0 Å². The van der Waals surface area contributed by atoms with Crippen molar-refractivity contribution in [1.82, 2.24) is 4.90 Å². The van der Waals surface area contributed by atoms with E-state index in [0.29, 0.717) is 6.54 Å². The van der Waals surface area contributed by atoms with Crippen LogP contribution in [0.2, 0.25) is 4.34 Å². The molecule has 112 valence electrons. The van der Waals surface area contributed by atoms with Gasteiger partial charge in [-0.05, 0) is 42.3 Å². The Kier molecular flexibility index (Phi) is 5.14. The van der Waals surface area contributed by atoms with E-state index in [1.807, 2.05) is 37.4 Å². The summed E-state index contributed by atoms with van der Waals surface area (Å²) in [6.07, 6.45) is 0.987. The van der Waals surface area contributed by atoms with Gasteiger partial charge in [0.25, 0.3) is 5.91 Å². The molecular weight excluding hydrogens is 327 g/mol. The molecule has 1 aliphatic heterocycles. The quantitative estimate of drug-likeness (QED) is 0.911. The lowest BCUT2D eigenvalue weighted by Gasteiger charge is -2.16. The lowest BCUT2D eigenvalue weighted by molar-refractivity contribution is 0.0786. The van der Waals surface area contributed by atoms with Crippen molar-refractivity contribution < 1.29 is 4.79 Å². The zero-order chi connectivity index (χ0) is 14.1. The van der Waals surface area contributed by atoms with E-state index in [4.69, 9.17) is 11.6 Å². The fraction of sp³-hybridized carbons (Fsp3) is 0.267. The lowest BCUT2D eigenvalue weighted by atomic mass is 10.1. The van der Waals surface area contributed by atoms with Crippen LogP contribution in [0.25, 0.3) is 0 Å². The zero-order valence-electron chi connectivity index (χ0n) is 11.6. The average molecular weight is 343 g/mol. The minimum atomic E-state index is 0. The molecule has 0 fully saturated rings. The highest BCUT2D eigenvalue weighted by molar-refractivity contribution is 7.16. The number of nitrogens with zero attached hydrogens (tertiary/aromatic N) is 1. The van der Waals surface area contributed by atoms with Crippen LogP contribution in [-0.4, -0.2) is 24.4 Å². The number of anilines is 1. The first-order valence-corrected chi connectivity index (χ1v) is 7.69. The second-order valence-electron chi connectivity index (χ2n) is 4.92. The first-order chi connectivity index (χ1) is 9.63. The Morgan fingerprint density at radius 3 is 2.90 bits per heavy atom. The maximum absolute atomic E-state index is 12.4. The summed E-state index contributed by atoms with van der Waals surface area (Å²) in [5, 5.41) is 3.30. The van der Waals surface area contributed by atoms with Gasteiger partial charge in [0.2, 0.25) is 0 Å². The minimum Gasteiger partial charge on any atom is -0.384 e. The summed E-state index contributed by atoms with van der Waals surface area (Å²) in [7, 11) is 1.82. The van der Waals surface area contributed by atoms with Gasteiger partial charge in [-0.2, -0.15) is 0 Å². The van der Waals surface area contributed by atoms with Crippen LogP contribution >= 0.6 is 35.3 Å². The van der Waals surface area contributed by atoms with E-state index in [9.17, 15) is 4.79 Å². The van der Waals surface area contributed by atoms with Crippen molar-refractivity contribution in [2.75, 3.05) is 18.9 Å². The van der Waals surface area contributed by atoms with Gasteiger partial charge in [-0.3, -0.25) is 4.79 Å². The van der Waals surface area contributed by atoms with Crippen LogP contribution in [0.1, 0.15) is 20.8 Å². The van der Waals surface area contributed by atoms with Crippen molar-refractivity contribution in [3.63, 3.8) is 0 Å². The summed E-state index contributed by atoms with van der Waals surface area (Å²) in [5.41, 5.74) is 3.12. The van der Waals surface area contributed by atoms with Crippen LogP contribution in [0.15, 0.2) is 30.3 Å². The molecule has 0 aliphatic carbocycles. The highest BCUT2D eigenvalue weighted by Crippen LogP contribution is 2.25. The number of rotatable bonds is 3. The summed E-state index contributed by atoms with van der Waals surface area (Å²) in [6.45, 7) is 1.54. The summed E-state index contributed by atoms with van der Waals surface area (Å²) < 4.78 is 0.754. The molecule has 0 radical (unpaired) electrons. The Labute approximate surface area is 139 Å². The number of nitrogens with one attached hydrogen (secondary N) is 1. The molecule has 0 saturated heterocycles. The van der Waals surface area contributed by atoms with E-state index >= 15 is 0 Å². The maximum atomic E-state index is 12.4. The molecule has 21 heavy (non-hydrogen) atoms. The van der Waals surface area contributed by atoms with E-state index in [1.54, 1.807) is 4.90 Å². The van der Waals surface area contributed by atoms with Crippen LogP contribution in [0.3, 0.4) is 0 Å². The Bertz CT molecular complexity index is 657. The summed E-state index contributed by atoms with van der Waals surface area (Å²) in [5.74, 6) is 0.0456. The SMILES string of the molecule is CN(Cc1ccc(Cl)s1)C(=O)c1ccc2c(c1)CCN2.Cl. The molecule has 1 N–H and O–H groups in total. The Morgan fingerprint density at radius 2 is 2.19 bits per heavy atom. The lowest BCUT2D eigenvalue weighted by Crippen LogP contribution is -2.25. The molecule has 0 bridgehead atoms. The summed E-state index contributed by atoms with van der Waals surface area (Å²) in [4.78, 5) is 15.3. The number of halogens is 2. The Balaban J connectivity index is 0.00000161. The Morgan fingerprint density at radius 1 is 1.38 bits per heavy atom. The van der Waals surface area contributed by atoms with Gasteiger partial charge >= 0.3 is 0 Å². The molecule has 0 saturated carbocycles. The van der Waals surface area contributed by atoms with E-state index in [0.717, 1.165) is 33.4 Å². The molecule has 0 spiro atoms. The zero-order valence-corrected chi connectivity index (χ0v) is 13.9. The normalized spacial score (nSPS) is 12.3. The minimum absolute atomic E-state index is 0. The third kappa shape index (κ3) is 3.51. The summed E-state index contributed by atoms with van der Waals surface area (Å²) in [6, 6.07) is 9.70. The average Bonchev–Trinajstić information content (AvgIpc) is 3.05.